The van der Waals surface area contributed by atoms with Crippen LogP contribution in [0.4, 0.5) is 0 Å². The molecular formula is C16H30N4O. The van der Waals surface area contributed by atoms with Crippen molar-refractivity contribution in [3.8, 4) is 0 Å². The lowest BCUT2D eigenvalue weighted by Crippen LogP contribution is -2.42. The average molecular weight is 294 g/mol. The van der Waals surface area contributed by atoms with Gasteiger partial charge >= 0.3 is 0 Å². The number of rotatable bonds is 4. The van der Waals surface area contributed by atoms with Crippen molar-refractivity contribution in [2.75, 3.05) is 26.2 Å². The molecule has 0 bridgehead atoms. The van der Waals surface area contributed by atoms with Gasteiger partial charge in [-0.15, -0.1) is 0 Å². The summed E-state index contributed by atoms with van der Waals surface area (Å²) in [6.45, 7) is 9.29. The number of nitrogens with two attached hydrogens (primary N) is 1. The summed E-state index contributed by atoms with van der Waals surface area (Å²) < 4.78 is 0. The van der Waals surface area contributed by atoms with Crippen LogP contribution in [-0.2, 0) is 4.79 Å². The molecule has 2 aliphatic rings. The van der Waals surface area contributed by atoms with E-state index in [2.05, 4.69) is 22.1 Å². The fraction of sp³-hybridized carbons (Fsp3) is 0.875. The lowest BCUT2D eigenvalue weighted by atomic mass is 9.82. The van der Waals surface area contributed by atoms with Crippen LogP contribution in [0.15, 0.2) is 4.99 Å². The van der Waals surface area contributed by atoms with E-state index in [9.17, 15) is 4.79 Å². The second-order valence-electron chi connectivity index (χ2n) is 7.13. The Bertz CT molecular complexity index is 391. The largest absolute Gasteiger partial charge is 0.369 e. The Balaban J connectivity index is 2.03. The Morgan fingerprint density at radius 1 is 1.29 bits per heavy atom. The number of amides is 1. The third kappa shape index (κ3) is 3.89. The molecule has 1 saturated heterocycles. The molecule has 5 nitrogen and oxygen atoms in total. The third-order valence-corrected chi connectivity index (χ3v) is 4.90. The molecule has 21 heavy (non-hydrogen) atoms. The number of carbonyl (C=O) groups excluding carboxylic acids is 1. The van der Waals surface area contributed by atoms with Crippen molar-refractivity contribution >= 4 is 11.9 Å². The highest BCUT2D eigenvalue weighted by atomic mass is 16.1. The first kappa shape index (κ1) is 16.1. The van der Waals surface area contributed by atoms with E-state index in [0.29, 0.717) is 6.54 Å². The molecule has 1 heterocycles. The van der Waals surface area contributed by atoms with Gasteiger partial charge in [0.1, 0.15) is 0 Å². The molecule has 1 saturated carbocycles. The molecule has 0 aromatic heterocycles. The fourth-order valence-corrected chi connectivity index (χ4v) is 3.36. The maximum Gasteiger partial charge on any atom is 0.224 e. The standard InChI is InChI=1S/C16H30N4O/c1-4-18-15(19-11-16(2,3)14(17)21)20-9-12-7-5-6-8-13(12)10-20/h12-13H,4-11H2,1-3H3,(H2,17,21)(H,18,19). The summed E-state index contributed by atoms with van der Waals surface area (Å²) in [7, 11) is 0. The minimum absolute atomic E-state index is 0.294. The van der Waals surface area contributed by atoms with Gasteiger partial charge in [-0.25, -0.2) is 0 Å². The third-order valence-electron chi connectivity index (χ3n) is 4.90. The van der Waals surface area contributed by atoms with E-state index in [1.54, 1.807) is 0 Å². The number of guanidine groups is 1. The number of hydrogen-bond acceptors (Lipinski definition) is 2. The molecule has 2 atom stereocenters. The number of nitrogens with zero attached hydrogens (tertiary/aromatic N) is 2. The van der Waals surface area contributed by atoms with Gasteiger partial charge in [0.15, 0.2) is 5.96 Å². The molecule has 0 radical (unpaired) electrons. The van der Waals surface area contributed by atoms with Crippen molar-refractivity contribution in [3.05, 3.63) is 0 Å². The van der Waals surface area contributed by atoms with E-state index in [-0.39, 0.29) is 5.91 Å². The Morgan fingerprint density at radius 2 is 1.86 bits per heavy atom. The van der Waals surface area contributed by atoms with Gasteiger partial charge in [0, 0.05) is 19.6 Å². The minimum Gasteiger partial charge on any atom is -0.369 e. The number of carbonyl (C=O) groups is 1. The molecule has 1 aliphatic heterocycles. The van der Waals surface area contributed by atoms with E-state index in [1.807, 2.05) is 13.8 Å². The van der Waals surface area contributed by atoms with Crippen LogP contribution in [0.1, 0.15) is 46.5 Å². The van der Waals surface area contributed by atoms with Crippen LogP contribution in [0.25, 0.3) is 0 Å². The first-order valence-electron chi connectivity index (χ1n) is 8.27. The van der Waals surface area contributed by atoms with Gasteiger partial charge in [0.05, 0.1) is 12.0 Å². The summed E-state index contributed by atoms with van der Waals surface area (Å²) in [6, 6.07) is 0. The van der Waals surface area contributed by atoms with Crippen LogP contribution in [-0.4, -0.2) is 42.9 Å². The Morgan fingerprint density at radius 3 is 2.33 bits per heavy atom. The van der Waals surface area contributed by atoms with Gasteiger partial charge in [-0.2, -0.15) is 0 Å². The zero-order chi connectivity index (χ0) is 15.5. The van der Waals surface area contributed by atoms with Crippen molar-refractivity contribution in [2.24, 2.45) is 28.0 Å². The van der Waals surface area contributed by atoms with Crippen molar-refractivity contribution < 1.29 is 4.79 Å². The topological polar surface area (TPSA) is 70.7 Å². The average Bonchev–Trinajstić information content (AvgIpc) is 2.86. The van der Waals surface area contributed by atoms with Crippen LogP contribution >= 0.6 is 0 Å². The predicted octanol–water partition coefficient (Wildman–Crippen LogP) is 1.59. The summed E-state index contributed by atoms with van der Waals surface area (Å²) >= 11 is 0. The normalized spacial score (nSPS) is 26.6. The predicted molar refractivity (Wildman–Crippen MR) is 86.0 cm³/mol. The molecular weight excluding hydrogens is 264 g/mol. The monoisotopic (exact) mass is 294 g/mol. The van der Waals surface area contributed by atoms with Crippen LogP contribution in [0.2, 0.25) is 0 Å². The van der Waals surface area contributed by atoms with Crippen LogP contribution in [0.5, 0.6) is 0 Å². The lowest BCUT2D eigenvalue weighted by molar-refractivity contribution is -0.125. The summed E-state index contributed by atoms with van der Waals surface area (Å²) in [6.07, 6.45) is 5.45. The molecule has 0 spiro atoms. The number of nitrogens with one attached hydrogen (secondary N) is 1. The fourth-order valence-electron chi connectivity index (χ4n) is 3.36. The molecule has 1 amide bonds. The molecule has 5 heteroatoms. The van der Waals surface area contributed by atoms with E-state index in [4.69, 9.17) is 5.73 Å². The summed E-state index contributed by atoms with van der Waals surface area (Å²) in [5.74, 6) is 2.30. The molecule has 3 N–H and O–H groups in total. The molecule has 0 aromatic carbocycles. The van der Waals surface area contributed by atoms with E-state index in [1.165, 1.54) is 25.7 Å². The quantitative estimate of drug-likeness (QED) is 0.611. The highest BCUT2D eigenvalue weighted by molar-refractivity contribution is 5.83. The number of likely N-dealkylation sites (tertiary alicyclic amines) is 1. The molecule has 2 unspecified atom stereocenters. The number of aliphatic imine (C=N–C) groups is 1. The van der Waals surface area contributed by atoms with E-state index >= 15 is 0 Å². The summed E-state index contributed by atoms with van der Waals surface area (Å²) in [5.41, 5.74) is 4.85. The Hall–Kier alpha value is -1.26. The SMILES string of the molecule is CCNC(=NCC(C)(C)C(N)=O)N1CC2CCCCC2C1. The zero-order valence-corrected chi connectivity index (χ0v) is 13.7. The van der Waals surface area contributed by atoms with Crippen LogP contribution in [0.3, 0.4) is 0 Å². The van der Waals surface area contributed by atoms with E-state index in [0.717, 1.165) is 37.4 Å². The molecule has 1 aliphatic carbocycles. The minimum atomic E-state index is -0.590. The van der Waals surface area contributed by atoms with Gasteiger partial charge in [-0.1, -0.05) is 12.8 Å². The molecule has 2 rings (SSSR count). The van der Waals surface area contributed by atoms with Gasteiger partial charge in [0.25, 0.3) is 0 Å². The first-order valence-corrected chi connectivity index (χ1v) is 8.27. The summed E-state index contributed by atoms with van der Waals surface area (Å²) in [4.78, 5) is 18.5. The summed E-state index contributed by atoms with van der Waals surface area (Å²) in [5, 5.41) is 3.37. The highest BCUT2D eigenvalue weighted by Gasteiger charge is 2.36. The molecule has 0 aromatic rings. The zero-order valence-electron chi connectivity index (χ0n) is 13.7. The van der Waals surface area contributed by atoms with Gasteiger partial charge in [0.2, 0.25) is 5.91 Å². The maximum atomic E-state index is 11.4. The van der Waals surface area contributed by atoms with Crippen molar-refractivity contribution in [1.29, 1.82) is 0 Å². The Kier molecular flexibility index (Phi) is 5.12. The first-order chi connectivity index (χ1) is 9.94. The number of fused-ring (bicyclic) bond motifs is 1. The Labute approximate surface area is 128 Å². The number of hydrogen-bond donors (Lipinski definition) is 2. The van der Waals surface area contributed by atoms with Gasteiger partial charge < -0.3 is 16.0 Å². The van der Waals surface area contributed by atoms with Crippen LogP contribution in [0, 0.1) is 17.3 Å². The highest BCUT2D eigenvalue weighted by Crippen LogP contribution is 2.36. The van der Waals surface area contributed by atoms with Crippen LogP contribution < -0.4 is 11.1 Å². The van der Waals surface area contributed by atoms with Crippen molar-refractivity contribution in [1.82, 2.24) is 10.2 Å². The molecule has 120 valence electrons. The van der Waals surface area contributed by atoms with Gasteiger partial charge in [-0.05, 0) is 45.4 Å². The second kappa shape index (κ2) is 6.67. The smallest absolute Gasteiger partial charge is 0.224 e. The van der Waals surface area contributed by atoms with E-state index < -0.39 is 5.41 Å². The number of primary amides is 1. The van der Waals surface area contributed by atoms with Crippen molar-refractivity contribution in [3.63, 3.8) is 0 Å². The van der Waals surface area contributed by atoms with Crippen molar-refractivity contribution in [2.45, 2.75) is 46.5 Å². The molecule has 2 fully saturated rings. The maximum absolute atomic E-state index is 11.4. The van der Waals surface area contributed by atoms with Gasteiger partial charge in [-0.3, -0.25) is 9.79 Å². The lowest BCUT2D eigenvalue weighted by Gasteiger charge is -2.24. The second-order valence-corrected chi connectivity index (χ2v) is 7.13.